The predicted octanol–water partition coefficient (Wildman–Crippen LogP) is 1.63. The Bertz CT molecular complexity index is 414. The van der Waals surface area contributed by atoms with Crippen molar-refractivity contribution in [1.82, 2.24) is 10.2 Å². The second kappa shape index (κ2) is 3.59. The van der Waals surface area contributed by atoms with Gasteiger partial charge < -0.3 is 5.11 Å². The molecule has 1 heterocycles. The number of aromatic nitrogens is 2. The van der Waals surface area contributed by atoms with Gasteiger partial charge in [0.2, 0.25) is 0 Å². The molecule has 0 bridgehead atoms. The molecule has 0 amide bonds. The molecule has 0 saturated heterocycles. The molecule has 0 radical (unpaired) electrons. The number of aromatic amines is 1. The molecule has 2 N–H and O–H groups in total. The molecular formula is C10H9FN2O. The average Bonchev–Trinajstić information content (AvgIpc) is 2.70. The number of benzene rings is 1. The van der Waals surface area contributed by atoms with Gasteiger partial charge in [0.25, 0.3) is 0 Å². The third kappa shape index (κ3) is 1.52. The van der Waals surface area contributed by atoms with Gasteiger partial charge in [-0.1, -0.05) is 18.2 Å². The maximum absolute atomic E-state index is 13.2. The number of H-pyrrole nitrogens is 1. The van der Waals surface area contributed by atoms with Gasteiger partial charge in [-0.3, -0.25) is 5.10 Å². The summed E-state index contributed by atoms with van der Waals surface area (Å²) in [5.41, 5.74) is 0.809. The van der Waals surface area contributed by atoms with Crippen LogP contribution in [0.4, 0.5) is 4.39 Å². The van der Waals surface area contributed by atoms with Gasteiger partial charge in [0.1, 0.15) is 11.9 Å². The quantitative estimate of drug-likeness (QED) is 0.759. The molecule has 3 nitrogen and oxygen atoms in total. The molecular weight excluding hydrogens is 183 g/mol. The lowest BCUT2D eigenvalue weighted by Crippen LogP contribution is -2.00. The topological polar surface area (TPSA) is 48.9 Å². The standard InChI is InChI=1S/C10H9FN2O/c11-9-4-2-1-3-8(9)10(14)7-5-12-13-6-7/h1-6,10,14H,(H,12,13). The zero-order chi connectivity index (χ0) is 9.97. The molecule has 1 aromatic heterocycles. The number of nitrogens with zero attached hydrogens (tertiary/aromatic N) is 1. The van der Waals surface area contributed by atoms with Crippen LogP contribution in [0, 0.1) is 5.82 Å². The summed E-state index contributed by atoms with van der Waals surface area (Å²) in [7, 11) is 0. The van der Waals surface area contributed by atoms with Crippen molar-refractivity contribution in [3.8, 4) is 0 Å². The average molecular weight is 192 g/mol. The molecule has 1 unspecified atom stereocenters. The Morgan fingerprint density at radius 1 is 1.36 bits per heavy atom. The number of aliphatic hydroxyl groups excluding tert-OH is 1. The highest BCUT2D eigenvalue weighted by Crippen LogP contribution is 2.22. The summed E-state index contributed by atoms with van der Waals surface area (Å²) in [6, 6.07) is 6.13. The van der Waals surface area contributed by atoms with E-state index in [1.54, 1.807) is 18.2 Å². The highest BCUT2D eigenvalue weighted by atomic mass is 19.1. The highest BCUT2D eigenvalue weighted by molar-refractivity contribution is 5.27. The van der Waals surface area contributed by atoms with Crippen molar-refractivity contribution in [2.75, 3.05) is 0 Å². The molecule has 0 spiro atoms. The third-order valence-corrected chi connectivity index (χ3v) is 2.03. The summed E-state index contributed by atoms with van der Waals surface area (Å²) in [5.74, 6) is -0.416. The van der Waals surface area contributed by atoms with E-state index in [-0.39, 0.29) is 5.56 Å². The van der Waals surface area contributed by atoms with E-state index in [1.165, 1.54) is 18.5 Å². The van der Waals surface area contributed by atoms with Crippen LogP contribution in [-0.4, -0.2) is 15.3 Å². The minimum Gasteiger partial charge on any atom is -0.383 e. The third-order valence-electron chi connectivity index (χ3n) is 2.03. The second-order valence-electron chi connectivity index (χ2n) is 2.96. The lowest BCUT2D eigenvalue weighted by Gasteiger charge is -2.08. The lowest BCUT2D eigenvalue weighted by molar-refractivity contribution is 0.215. The minimum absolute atomic E-state index is 0.258. The smallest absolute Gasteiger partial charge is 0.129 e. The van der Waals surface area contributed by atoms with E-state index in [0.717, 1.165) is 0 Å². The molecule has 0 saturated carbocycles. The molecule has 0 fully saturated rings. The van der Waals surface area contributed by atoms with Gasteiger partial charge in [0, 0.05) is 17.3 Å². The van der Waals surface area contributed by atoms with E-state index in [2.05, 4.69) is 10.2 Å². The van der Waals surface area contributed by atoms with Crippen LogP contribution in [0.1, 0.15) is 17.2 Å². The first-order valence-electron chi connectivity index (χ1n) is 4.20. The van der Waals surface area contributed by atoms with Crippen LogP contribution < -0.4 is 0 Å². The van der Waals surface area contributed by atoms with Crippen LogP contribution in [0.25, 0.3) is 0 Å². The zero-order valence-corrected chi connectivity index (χ0v) is 7.31. The maximum Gasteiger partial charge on any atom is 0.129 e. The van der Waals surface area contributed by atoms with E-state index < -0.39 is 11.9 Å². The van der Waals surface area contributed by atoms with Crippen molar-refractivity contribution in [3.05, 3.63) is 53.6 Å². The first-order valence-corrected chi connectivity index (χ1v) is 4.20. The molecule has 72 valence electrons. The monoisotopic (exact) mass is 192 g/mol. The number of nitrogens with one attached hydrogen (secondary N) is 1. The molecule has 2 rings (SSSR count). The first kappa shape index (κ1) is 8.90. The Morgan fingerprint density at radius 2 is 2.14 bits per heavy atom. The van der Waals surface area contributed by atoms with Crippen molar-refractivity contribution < 1.29 is 9.50 Å². The van der Waals surface area contributed by atoms with E-state index in [0.29, 0.717) is 5.56 Å². The summed E-state index contributed by atoms with van der Waals surface area (Å²) in [6.07, 6.45) is 2.05. The fraction of sp³-hybridized carbons (Fsp3) is 0.100. The summed E-state index contributed by atoms with van der Waals surface area (Å²) >= 11 is 0. The SMILES string of the molecule is OC(c1cn[nH]c1)c1ccccc1F. The summed E-state index contributed by atoms with van der Waals surface area (Å²) in [6.45, 7) is 0. The number of aliphatic hydroxyl groups is 1. The Balaban J connectivity index is 2.37. The van der Waals surface area contributed by atoms with Crippen LogP contribution in [0.5, 0.6) is 0 Å². The second-order valence-corrected chi connectivity index (χ2v) is 2.96. The first-order chi connectivity index (χ1) is 6.79. The Kier molecular flexibility index (Phi) is 2.28. The van der Waals surface area contributed by atoms with E-state index in [4.69, 9.17) is 0 Å². The highest BCUT2D eigenvalue weighted by Gasteiger charge is 2.14. The van der Waals surface area contributed by atoms with Crippen molar-refractivity contribution in [3.63, 3.8) is 0 Å². The summed E-state index contributed by atoms with van der Waals surface area (Å²) < 4.78 is 13.2. The number of hydrogen-bond acceptors (Lipinski definition) is 2. The van der Waals surface area contributed by atoms with Crippen LogP contribution >= 0.6 is 0 Å². The summed E-state index contributed by atoms with van der Waals surface area (Å²) in [5, 5.41) is 16.0. The van der Waals surface area contributed by atoms with Crippen molar-refractivity contribution in [2.24, 2.45) is 0 Å². The van der Waals surface area contributed by atoms with Crippen LogP contribution in [0.2, 0.25) is 0 Å². The number of halogens is 1. The largest absolute Gasteiger partial charge is 0.383 e. The molecule has 1 aromatic carbocycles. The molecule has 4 heteroatoms. The molecule has 14 heavy (non-hydrogen) atoms. The molecule has 2 aromatic rings. The Labute approximate surface area is 80.2 Å². The Hall–Kier alpha value is -1.68. The van der Waals surface area contributed by atoms with E-state index in [1.807, 2.05) is 0 Å². The van der Waals surface area contributed by atoms with Gasteiger partial charge in [-0.15, -0.1) is 0 Å². The summed E-state index contributed by atoms with van der Waals surface area (Å²) in [4.78, 5) is 0. The van der Waals surface area contributed by atoms with E-state index >= 15 is 0 Å². The number of rotatable bonds is 2. The minimum atomic E-state index is -0.963. The fourth-order valence-electron chi connectivity index (χ4n) is 1.29. The van der Waals surface area contributed by atoms with Crippen LogP contribution in [0.15, 0.2) is 36.7 Å². The van der Waals surface area contributed by atoms with Gasteiger partial charge in [-0.25, -0.2) is 4.39 Å². The maximum atomic E-state index is 13.2. The van der Waals surface area contributed by atoms with Crippen molar-refractivity contribution in [2.45, 2.75) is 6.10 Å². The van der Waals surface area contributed by atoms with Gasteiger partial charge >= 0.3 is 0 Å². The molecule has 0 aliphatic rings. The lowest BCUT2D eigenvalue weighted by atomic mass is 10.0. The van der Waals surface area contributed by atoms with Crippen LogP contribution in [0.3, 0.4) is 0 Å². The number of hydrogen-bond donors (Lipinski definition) is 2. The van der Waals surface area contributed by atoms with Gasteiger partial charge in [0.05, 0.1) is 6.20 Å². The predicted molar refractivity (Wildman–Crippen MR) is 49.0 cm³/mol. The van der Waals surface area contributed by atoms with E-state index in [9.17, 15) is 9.50 Å². The Morgan fingerprint density at radius 3 is 2.79 bits per heavy atom. The van der Waals surface area contributed by atoms with Crippen molar-refractivity contribution in [1.29, 1.82) is 0 Å². The molecule has 0 aliphatic heterocycles. The van der Waals surface area contributed by atoms with Gasteiger partial charge in [0.15, 0.2) is 0 Å². The normalized spacial score (nSPS) is 12.7. The molecule has 1 atom stereocenters. The fourth-order valence-corrected chi connectivity index (χ4v) is 1.29. The zero-order valence-electron chi connectivity index (χ0n) is 7.31. The van der Waals surface area contributed by atoms with Crippen molar-refractivity contribution >= 4 is 0 Å². The van der Waals surface area contributed by atoms with Crippen LogP contribution in [-0.2, 0) is 0 Å². The van der Waals surface area contributed by atoms with Gasteiger partial charge in [-0.05, 0) is 6.07 Å². The molecule has 0 aliphatic carbocycles. The van der Waals surface area contributed by atoms with Gasteiger partial charge in [-0.2, -0.15) is 5.10 Å².